The largest absolute Gasteiger partial charge is 0.455 e. The highest BCUT2D eigenvalue weighted by atomic mass is 16.6. The maximum absolute atomic E-state index is 12.3. The van der Waals surface area contributed by atoms with Crippen molar-refractivity contribution in [2.75, 3.05) is 0 Å². The van der Waals surface area contributed by atoms with Gasteiger partial charge in [-0.05, 0) is 34.5 Å². The maximum Gasteiger partial charge on any atom is 0.280 e. The van der Waals surface area contributed by atoms with Crippen LogP contribution in [0.25, 0.3) is 22.1 Å². The van der Waals surface area contributed by atoms with Gasteiger partial charge in [-0.3, -0.25) is 14.9 Å². The summed E-state index contributed by atoms with van der Waals surface area (Å²) in [6, 6.07) is 23.3. The lowest BCUT2D eigenvalue weighted by Crippen LogP contribution is -2.19. The lowest BCUT2D eigenvalue weighted by Gasteiger charge is -2.05. The summed E-state index contributed by atoms with van der Waals surface area (Å²) in [5.74, 6) is 0.465. The minimum absolute atomic E-state index is 0.0428. The number of carbonyl (C=O) groups is 1. The van der Waals surface area contributed by atoms with E-state index < -0.39 is 4.92 Å². The number of furan rings is 1. The number of nitro benzene ring substituents is 1. The van der Waals surface area contributed by atoms with Crippen molar-refractivity contribution in [1.29, 1.82) is 0 Å². The highest BCUT2D eigenvalue weighted by molar-refractivity contribution is 5.90. The van der Waals surface area contributed by atoms with Crippen molar-refractivity contribution >= 4 is 28.6 Å². The second-order valence-electron chi connectivity index (χ2n) is 6.58. The van der Waals surface area contributed by atoms with Gasteiger partial charge in [0.05, 0.1) is 23.1 Å². The molecule has 0 aliphatic rings. The molecule has 0 spiro atoms. The van der Waals surface area contributed by atoms with Gasteiger partial charge in [0, 0.05) is 6.07 Å². The fourth-order valence-corrected chi connectivity index (χ4v) is 3.24. The van der Waals surface area contributed by atoms with Gasteiger partial charge < -0.3 is 4.42 Å². The van der Waals surface area contributed by atoms with Gasteiger partial charge in [0.1, 0.15) is 11.5 Å². The van der Waals surface area contributed by atoms with Gasteiger partial charge in [0.25, 0.3) is 5.69 Å². The first-order valence-electron chi connectivity index (χ1n) is 9.24. The molecule has 0 aliphatic carbocycles. The van der Waals surface area contributed by atoms with Crippen molar-refractivity contribution in [3.63, 3.8) is 0 Å². The highest BCUT2D eigenvalue weighted by Gasteiger charge is 2.16. The van der Waals surface area contributed by atoms with E-state index in [9.17, 15) is 14.9 Å². The van der Waals surface area contributed by atoms with E-state index in [-0.39, 0.29) is 18.0 Å². The average Bonchev–Trinajstić information content (AvgIpc) is 3.23. The number of nitrogens with zero attached hydrogens (tertiary/aromatic N) is 2. The lowest BCUT2D eigenvalue weighted by atomic mass is 10.0. The van der Waals surface area contributed by atoms with Crippen molar-refractivity contribution in [3.8, 4) is 11.3 Å². The summed E-state index contributed by atoms with van der Waals surface area (Å²) in [5, 5.41) is 17.2. The first-order chi connectivity index (χ1) is 14.6. The summed E-state index contributed by atoms with van der Waals surface area (Å²) in [6.07, 6.45) is 1.55. The van der Waals surface area contributed by atoms with Gasteiger partial charge in [-0.1, -0.05) is 54.6 Å². The van der Waals surface area contributed by atoms with Gasteiger partial charge in [-0.15, -0.1) is 0 Å². The smallest absolute Gasteiger partial charge is 0.280 e. The van der Waals surface area contributed by atoms with Crippen LogP contribution >= 0.6 is 0 Å². The number of hydrogen-bond acceptors (Lipinski definition) is 5. The number of amides is 1. The zero-order valence-corrected chi connectivity index (χ0v) is 15.8. The average molecular weight is 399 g/mol. The first kappa shape index (κ1) is 19.1. The van der Waals surface area contributed by atoms with Crippen molar-refractivity contribution in [1.82, 2.24) is 5.43 Å². The molecule has 1 N–H and O–H groups in total. The van der Waals surface area contributed by atoms with Crippen molar-refractivity contribution in [2.45, 2.75) is 6.42 Å². The van der Waals surface area contributed by atoms with Crippen LogP contribution in [0.5, 0.6) is 0 Å². The van der Waals surface area contributed by atoms with Crippen molar-refractivity contribution in [3.05, 3.63) is 100 Å². The predicted molar refractivity (Wildman–Crippen MR) is 114 cm³/mol. The molecular formula is C23H17N3O4. The molecule has 0 radical (unpaired) electrons. The molecule has 7 nitrogen and oxygen atoms in total. The molecule has 0 saturated heterocycles. The molecule has 3 aromatic carbocycles. The van der Waals surface area contributed by atoms with Gasteiger partial charge >= 0.3 is 0 Å². The number of para-hydroxylation sites is 1. The fraction of sp³-hybridized carbons (Fsp3) is 0.0435. The minimum Gasteiger partial charge on any atom is -0.455 e. The molecule has 0 saturated carbocycles. The third-order valence-corrected chi connectivity index (χ3v) is 4.60. The van der Waals surface area contributed by atoms with E-state index in [1.807, 2.05) is 42.5 Å². The van der Waals surface area contributed by atoms with Gasteiger partial charge in [0.2, 0.25) is 5.91 Å². The van der Waals surface area contributed by atoms with E-state index in [0.29, 0.717) is 17.1 Å². The van der Waals surface area contributed by atoms with Crippen LogP contribution in [-0.2, 0) is 11.2 Å². The number of rotatable bonds is 6. The summed E-state index contributed by atoms with van der Waals surface area (Å²) in [5.41, 5.74) is 3.73. The van der Waals surface area contributed by atoms with Crippen molar-refractivity contribution < 1.29 is 14.1 Å². The summed E-state index contributed by atoms with van der Waals surface area (Å²) in [6.45, 7) is 0. The topological polar surface area (TPSA) is 97.7 Å². The Morgan fingerprint density at radius 3 is 2.63 bits per heavy atom. The number of hydrazone groups is 1. The summed E-state index contributed by atoms with van der Waals surface area (Å²) < 4.78 is 5.61. The van der Waals surface area contributed by atoms with E-state index in [2.05, 4.69) is 10.5 Å². The summed E-state index contributed by atoms with van der Waals surface area (Å²) in [7, 11) is 0. The summed E-state index contributed by atoms with van der Waals surface area (Å²) >= 11 is 0. The van der Waals surface area contributed by atoms with E-state index >= 15 is 0 Å². The van der Waals surface area contributed by atoms with E-state index in [1.54, 1.807) is 30.3 Å². The van der Waals surface area contributed by atoms with Crippen LogP contribution < -0.4 is 5.43 Å². The molecule has 30 heavy (non-hydrogen) atoms. The van der Waals surface area contributed by atoms with Crippen molar-refractivity contribution in [2.24, 2.45) is 5.10 Å². The second-order valence-corrected chi connectivity index (χ2v) is 6.58. The zero-order valence-electron chi connectivity index (χ0n) is 15.8. The molecule has 1 aromatic heterocycles. The normalized spacial score (nSPS) is 11.1. The van der Waals surface area contributed by atoms with Crippen LogP contribution in [0.2, 0.25) is 0 Å². The Labute approximate surface area is 171 Å². The Bertz CT molecular complexity index is 1250. The molecule has 0 aliphatic heterocycles. The first-order valence-corrected chi connectivity index (χ1v) is 9.24. The second kappa shape index (κ2) is 8.40. The molecule has 1 amide bonds. The number of hydrogen-bond donors (Lipinski definition) is 1. The molecule has 0 bridgehead atoms. The number of carbonyl (C=O) groups excluding carboxylic acids is 1. The third kappa shape index (κ3) is 4.10. The number of nitro groups is 1. The Morgan fingerprint density at radius 2 is 1.77 bits per heavy atom. The molecule has 0 atom stereocenters. The molecule has 4 rings (SSSR count). The van der Waals surface area contributed by atoms with Gasteiger partial charge in [-0.25, -0.2) is 5.43 Å². The van der Waals surface area contributed by atoms with Gasteiger partial charge in [-0.2, -0.15) is 5.10 Å². The number of fused-ring (bicyclic) bond motifs is 1. The van der Waals surface area contributed by atoms with Crippen LogP contribution in [0.4, 0.5) is 5.69 Å². The number of nitrogens with one attached hydrogen (secondary N) is 1. The quantitative estimate of drug-likeness (QED) is 0.289. The monoisotopic (exact) mass is 399 g/mol. The van der Waals surface area contributed by atoms with Gasteiger partial charge in [0.15, 0.2) is 0 Å². The number of benzene rings is 3. The maximum atomic E-state index is 12.3. The van der Waals surface area contributed by atoms with Crippen LogP contribution in [0.15, 0.2) is 88.4 Å². The highest BCUT2D eigenvalue weighted by Crippen LogP contribution is 2.30. The fourth-order valence-electron chi connectivity index (χ4n) is 3.24. The third-order valence-electron chi connectivity index (χ3n) is 4.60. The Kier molecular flexibility index (Phi) is 5.34. The molecule has 0 unspecified atom stereocenters. The Hall–Kier alpha value is -4.26. The van der Waals surface area contributed by atoms with Crippen LogP contribution in [0, 0.1) is 10.1 Å². The summed E-state index contributed by atoms with van der Waals surface area (Å²) in [4.78, 5) is 23.0. The van der Waals surface area contributed by atoms with E-state index in [4.69, 9.17) is 4.42 Å². The molecule has 1 heterocycles. The van der Waals surface area contributed by atoms with E-state index in [1.165, 1.54) is 12.3 Å². The molecule has 148 valence electrons. The Morgan fingerprint density at radius 1 is 1.00 bits per heavy atom. The standard InChI is InChI=1S/C23H17N3O4/c27-23(14-17-8-5-7-16-6-1-2-9-19(16)17)25-24-15-18-12-13-22(30-18)20-10-3-4-11-21(20)26(28)29/h1-13,15H,14H2,(H,25,27)/b24-15+. The molecule has 0 fully saturated rings. The minimum atomic E-state index is -0.459. The Balaban J connectivity index is 1.43. The van der Waals surface area contributed by atoms with Crippen LogP contribution in [0.1, 0.15) is 11.3 Å². The van der Waals surface area contributed by atoms with Crippen LogP contribution in [-0.4, -0.2) is 17.0 Å². The SMILES string of the molecule is O=C(Cc1cccc2ccccc12)N/N=C/c1ccc(-c2ccccc2[N+](=O)[O-])o1. The molecule has 4 aromatic rings. The zero-order chi connectivity index (χ0) is 20.9. The molecule has 7 heteroatoms. The van der Waals surface area contributed by atoms with Crippen LogP contribution in [0.3, 0.4) is 0 Å². The molecular weight excluding hydrogens is 382 g/mol. The lowest BCUT2D eigenvalue weighted by molar-refractivity contribution is -0.384. The predicted octanol–water partition coefficient (Wildman–Crippen LogP) is 4.70. The van der Waals surface area contributed by atoms with E-state index in [0.717, 1.165) is 16.3 Å².